The second-order valence-electron chi connectivity index (χ2n) is 6.11. The summed E-state index contributed by atoms with van der Waals surface area (Å²) in [6.45, 7) is 0.590. The fourth-order valence-corrected chi connectivity index (χ4v) is 3.25. The van der Waals surface area contributed by atoms with E-state index in [1.54, 1.807) is 11.0 Å². The summed E-state index contributed by atoms with van der Waals surface area (Å²) >= 11 is 3.46. The van der Waals surface area contributed by atoms with Gasteiger partial charge >= 0.3 is 5.97 Å². The summed E-state index contributed by atoms with van der Waals surface area (Å²) in [7, 11) is 1.32. The Bertz CT molecular complexity index is 922. The zero-order valence-electron chi connectivity index (χ0n) is 14.8. The summed E-state index contributed by atoms with van der Waals surface area (Å²) in [5, 5.41) is 7.77. The molecule has 1 aromatic carbocycles. The van der Waals surface area contributed by atoms with Gasteiger partial charge in [-0.2, -0.15) is 5.10 Å². The number of aryl methyl sites for hydroxylation is 1. The predicted molar refractivity (Wildman–Crippen MR) is 103 cm³/mol. The van der Waals surface area contributed by atoms with Crippen molar-refractivity contribution in [2.75, 3.05) is 7.11 Å². The Morgan fingerprint density at radius 3 is 3.00 bits per heavy atom. The fraction of sp³-hybridized carbons (Fsp3) is 0.333. The van der Waals surface area contributed by atoms with Crippen LogP contribution in [0.4, 0.5) is 0 Å². The van der Waals surface area contributed by atoms with Crippen LogP contribution in [0.2, 0.25) is 0 Å². The summed E-state index contributed by atoms with van der Waals surface area (Å²) in [5.74, 6) is -0.671. The molecule has 0 saturated heterocycles. The molecule has 142 valence electrons. The summed E-state index contributed by atoms with van der Waals surface area (Å²) in [5.41, 5.74) is 1.90. The molecule has 0 fully saturated rings. The van der Waals surface area contributed by atoms with Crippen molar-refractivity contribution < 1.29 is 14.3 Å². The molecule has 0 aliphatic heterocycles. The lowest BCUT2D eigenvalue weighted by molar-refractivity contribution is -0.145. The van der Waals surface area contributed by atoms with Crippen LogP contribution in [-0.4, -0.2) is 44.8 Å². The van der Waals surface area contributed by atoms with Gasteiger partial charge < -0.3 is 15.0 Å². The number of aromatic amines is 1. The van der Waals surface area contributed by atoms with Crippen LogP contribution in [0.25, 0.3) is 10.9 Å². The molecule has 3 aromatic rings. The molecule has 1 atom stereocenters. The van der Waals surface area contributed by atoms with E-state index in [4.69, 9.17) is 4.74 Å². The third-order valence-electron chi connectivity index (χ3n) is 4.23. The number of ether oxygens (including phenoxy) is 1. The van der Waals surface area contributed by atoms with E-state index in [-0.39, 0.29) is 12.3 Å². The molecule has 0 radical (unpaired) electrons. The van der Waals surface area contributed by atoms with Crippen LogP contribution in [0.3, 0.4) is 0 Å². The molecule has 8 nitrogen and oxygen atoms in total. The maximum absolute atomic E-state index is 12.3. The van der Waals surface area contributed by atoms with E-state index in [1.165, 1.54) is 13.4 Å². The fourth-order valence-electron chi connectivity index (χ4n) is 2.89. The lowest BCUT2D eigenvalue weighted by Gasteiger charge is -2.16. The van der Waals surface area contributed by atoms with Crippen molar-refractivity contribution in [1.82, 2.24) is 25.1 Å². The van der Waals surface area contributed by atoms with Gasteiger partial charge in [0, 0.05) is 41.0 Å². The molecule has 0 spiro atoms. The molecule has 3 rings (SSSR count). The van der Waals surface area contributed by atoms with Crippen molar-refractivity contribution in [1.29, 1.82) is 0 Å². The highest BCUT2D eigenvalue weighted by Gasteiger charge is 2.23. The molecule has 0 bridgehead atoms. The van der Waals surface area contributed by atoms with Crippen LogP contribution in [0, 0.1) is 0 Å². The molecule has 2 N–H and O–H groups in total. The quantitative estimate of drug-likeness (QED) is 0.530. The first-order valence-corrected chi connectivity index (χ1v) is 9.31. The van der Waals surface area contributed by atoms with E-state index in [9.17, 15) is 9.59 Å². The van der Waals surface area contributed by atoms with E-state index in [0.29, 0.717) is 19.4 Å². The lowest BCUT2D eigenvalue weighted by Crippen LogP contribution is -2.43. The molecular weight excluding hydrogens is 414 g/mol. The smallest absolute Gasteiger partial charge is 0.328 e. The molecule has 9 heteroatoms. The number of hydrogen-bond acceptors (Lipinski definition) is 5. The van der Waals surface area contributed by atoms with Crippen molar-refractivity contribution in [2.24, 2.45) is 0 Å². The Morgan fingerprint density at radius 2 is 2.26 bits per heavy atom. The third-order valence-corrected chi connectivity index (χ3v) is 4.73. The lowest BCUT2D eigenvalue weighted by atomic mass is 10.0. The van der Waals surface area contributed by atoms with Gasteiger partial charge in [0.05, 0.1) is 7.11 Å². The molecule has 0 aliphatic carbocycles. The maximum atomic E-state index is 12.3. The van der Waals surface area contributed by atoms with E-state index >= 15 is 0 Å². The number of rotatable bonds is 8. The molecule has 1 amide bonds. The zero-order valence-corrected chi connectivity index (χ0v) is 16.4. The second-order valence-corrected chi connectivity index (χ2v) is 7.03. The molecule has 0 unspecified atom stereocenters. The van der Waals surface area contributed by atoms with Crippen LogP contribution in [0.15, 0.2) is 41.5 Å². The Hall–Kier alpha value is -2.68. The monoisotopic (exact) mass is 433 g/mol. The number of benzene rings is 1. The van der Waals surface area contributed by atoms with Crippen LogP contribution >= 0.6 is 15.9 Å². The number of nitrogens with zero attached hydrogens (tertiary/aromatic N) is 3. The minimum atomic E-state index is -0.744. The first-order valence-electron chi connectivity index (χ1n) is 8.52. The Kier molecular flexibility index (Phi) is 6.23. The average Bonchev–Trinajstić information content (AvgIpc) is 3.30. The van der Waals surface area contributed by atoms with Gasteiger partial charge in [0.25, 0.3) is 0 Å². The van der Waals surface area contributed by atoms with Crippen LogP contribution < -0.4 is 5.32 Å². The number of esters is 1. The average molecular weight is 434 g/mol. The van der Waals surface area contributed by atoms with Crippen LogP contribution in [-0.2, 0) is 27.3 Å². The second kappa shape index (κ2) is 8.81. The molecular formula is C18H20BrN5O3. The van der Waals surface area contributed by atoms with Gasteiger partial charge in [-0.3, -0.25) is 9.48 Å². The van der Waals surface area contributed by atoms with Gasteiger partial charge in [-0.25, -0.2) is 9.78 Å². The molecule has 2 aromatic heterocycles. The highest BCUT2D eigenvalue weighted by Crippen LogP contribution is 2.23. The highest BCUT2D eigenvalue weighted by atomic mass is 79.9. The van der Waals surface area contributed by atoms with Crippen LogP contribution in [0.1, 0.15) is 18.4 Å². The summed E-state index contributed by atoms with van der Waals surface area (Å²) in [6, 6.07) is 5.14. The molecule has 0 saturated carbocycles. The minimum Gasteiger partial charge on any atom is -0.467 e. The van der Waals surface area contributed by atoms with E-state index < -0.39 is 12.0 Å². The predicted octanol–water partition coefficient (Wildman–Crippen LogP) is 2.20. The van der Waals surface area contributed by atoms with Gasteiger partial charge in [0.1, 0.15) is 18.7 Å². The van der Waals surface area contributed by atoms with Crippen molar-refractivity contribution in [3.8, 4) is 0 Å². The number of methoxy groups -OCH3 is 1. The SMILES string of the molecule is COC(=O)[C@@H](Cc1c[nH]c2ccc(Br)cc12)NC(=O)CCCn1cncn1. The topological polar surface area (TPSA) is 102 Å². The largest absolute Gasteiger partial charge is 0.467 e. The number of carbonyl (C=O) groups excluding carboxylic acids is 2. The highest BCUT2D eigenvalue weighted by molar-refractivity contribution is 9.10. The number of H-pyrrole nitrogens is 1. The standard InChI is InChI=1S/C18H20BrN5O3/c1-27-18(26)16(23-17(25)3-2-6-24-11-20-10-22-24)7-12-9-21-15-5-4-13(19)8-14(12)15/h4-5,8-11,16,21H,2-3,6-7H2,1H3,(H,23,25)/t16-/m1/s1. The zero-order chi connectivity index (χ0) is 19.2. The first kappa shape index (κ1) is 19.1. The van der Waals surface area contributed by atoms with Gasteiger partial charge in [-0.05, 0) is 30.2 Å². The number of nitrogens with one attached hydrogen (secondary N) is 2. The molecule has 2 heterocycles. The summed E-state index contributed by atoms with van der Waals surface area (Å²) < 4.78 is 7.47. The normalized spacial score (nSPS) is 12.1. The number of carbonyl (C=O) groups is 2. The Morgan fingerprint density at radius 1 is 1.41 bits per heavy atom. The summed E-state index contributed by atoms with van der Waals surface area (Å²) in [6.07, 6.45) is 6.13. The Labute approximate surface area is 164 Å². The Balaban J connectivity index is 1.63. The summed E-state index contributed by atoms with van der Waals surface area (Å²) in [4.78, 5) is 31.5. The molecule has 27 heavy (non-hydrogen) atoms. The van der Waals surface area contributed by atoms with E-state index in [0.717, 1.165) is 20.9 Å². The number of halogens is 1. The first-order chi connectivity index (χ1) is 13.1. The number of amides is 1. The van der Waals surface area contributed by atoms with Gasteiger partial charge in [-0.1, -0.05) is 15.9 Å². The maximum Gasteiger partial charge on any atom is 0.328 e. The van der Waals surface area contributed by atoms with Crippen LogP contribution in [0.5, 0.6) is 0 Å². The van der Waals surface area contributed by atoms with Gasteiger partial charge in [0.15, 0.2) is 0 Å². The van der Waals surface area contributed by atoms with E-state index in [2.05, 4.69) is 36.3 Å². The van der Waals surface area contributed by atoms with Crippen molar-refractivity contribution in [3.63, 3.8) is 0 Å². The van der Waals surface area contributed by atoms with Crippen molar-refractivity contribution >= 4 is 38.7 Å². The number of aromatic nitrogens is 4. The minimum absolute atomic E-state index is 0.202. The van der Waals surface area contributed by atoms with E-state index in [1.807, 2.05) is 24.4 Å². The number of fused-ring (bicyclic) bond motifs is 1. The van der Waals surface area contributed by atoms with Crippen molar-refractivity contribution in [3.05, 3.63) is 47.1 Å². The number of hydrogen-bond donors (Lipinski definition) is 2. The third kappa shape index (κ3) is 4.94. The van der Waals surface area contributed by atoms with Gasteiger partial charge in [-0.15, -0.1) is 0 Å². The molecule has 0 aliphatic rings. The van der Waals surface area contributed by atoms with Gasteiger partial charge in [0.2, 0.25) is 5.91 Å². The van der Waals surface area contributed by atoms with Crippen molar-refractivity contribution in [2.45, 2.75) is 31.8 Å².